The molecule has 0 aromatic carbocycles. The van der Waals surface area contributed by atoms with Crippen molar-refractivity contribution < 1.29 is 27.5 Å². The molecule has 3 aliphatic rings. The maximum absolute atomic E-state index is 12.7. The molecule has 2 saturated heterocycles. The second-order valence-electron chi connectivity index (χ2n) is 6.04. The van der Waals surface area contributed by atoms with Gasteiger partial charge in [-0.2, -0.15) is 18.2 Å². The number of alkyl halides is 3. The normalized spacial score (nSPS) is 30.4. The molecule has 25 heavy (non-hydrogen) atoms. The molecule has 2 fully saturated rings. The fourth-order valence-electron chi connectivity index (χ4n) is 3.50. The van der Waals surface area contributed by atoms with Gasteiger partial charge >= 0.3 is 6.18 Å². The number of ether oxygens (including phenoxy) is 1. The molecule has 3 aliphatic heterocycles. The van der Waals surface area contributed by atoms with E-state index in [1.54, 1.807) is 12.2 Å². The van der Waals surface area contributed by atoms with Crippen molar-refractivity contribution in [2.45, 2.75) is 18.4 Å². The summed E-state index contributed by atoms with van der Waals surface area (Å²) < 4.78 is 43.7. The molecule has 2 bridgehead atoms. The molecule has 0 radical (unpaired) electrons. The number of pyridine rings is 1. The summed E-state index contributed by atoms with van der Waals surface area (Å²) in [6.07, 6.45) is -1.42. The minimum Gasteiger partial charge on any atom is -0.365 e. The molecule has 10 heteroatoms. The lowest BCUT2D eigenvalue weighted by molar-refractivity contribution is -0.143. The molecular formula is C15H11ClF3N3O3. The molecule has 0 N–H and O–H groups in total. The van der Waals surface area contributed by atoms with Gasteiger partial charge in [0.25, 0.3) is 11.8 Å². The number of fused-ring (bicyclic) bond motifs is 5. The number of hydrogen-bond acceptors (Lipinski definition) is 5. The van der Waals surface area contributed by atoms with Crippen molar-refractivity contribution in [1.82, 2.24) is 9.99 Å². The number of hydrazine groups is 1. The van der Waals surface area contributed by atoms with Gasteiger partial charge in [0, 0.05) is 13.2 Å². The van der Waals surface area contributed by atoms with E-state index in [9.17, 15) is 22.8 Å². The Balaban J connectivity index is 1.65. The highest BCUT2D eigenvalue weighted by molar-refractivity contribution is 6.33. The van der Waals surface area contributed by atoms with Gasteiger partial charge in [-0.15, -0.1) is 0 Å². The van der Waals surface area contributed by atoms with Crippen LogP contribution in [0.5, 0.6) is 0 Å². The number of anilines is 1. The summed E-state index contributed by atoms with van der Waals surface area (Å²) in [7, 11) is 1.36. The maximum Gasteiger partial charge on any atom is 0.417 e. The first-order valence-corrected chi connectivity index (χ1v) is 7.76. The third-order valence-electron chi connectivity index (χ3n) is 4.64. The van der Waals surface area contributed by atoms with Crippen LogP contribution in [0.1, 0.15) is 5.56 Å². The SMILES string of the molecule is CN(c1ncc(C(F)(F)F)cc1Cl)N1C(=O)[C@@H]2[C@H](C1=O)[C@@H]1C=C[C@H]2O1. The number of hydrogen-bond donors (Lipinski definition) is 0. The number of halogens is 4. The van der Waals surface area contributed by atoms with Gasteiger partial charge in [-0.05, 0) is 6.07 Å². The fourth-order valence-corrected chi connectivity index (χ4v) is 3.79. The summed E-state index contributed by atoms with van der Waals surface area (Å²) in [4.78, 5) is 29.0. The third kappa shape index (κ3) is 2.26. The van der Waals surface area contributed by atoms with E-state index in [4.69, 9.17) is 16.3 Å². The monoisotopic (exact) mass is 373 g/mol. The second kappa shape index (κ2) is 5.18. The highest BCUT2D eigenvalue weighted by Crippen LogP contribution is 2.46. The van der Waals surface area contributed by atoms with Crippen molar-refractivity contribution in [3.05, 3.63) is 35.0 Å². The van der Waals surface area contributed by atoms with E-state index >= 15 is 0 Å². The van der Waals surface area contributed by atoms with E-state index in [1.165, 1.54) is 7.05 Å². The van der Waals surface area contributed by atoms with E-state index in [0.717, 1.165) is 10.0 Å². The molecule has 132 valence electrons. The first-order valence-electron chi connectivity index (χ1n) is 7.38. The van der Waals surface area contributed by atoms with Crippen LogP contribution in [0.2, 0.25) is 5.02 Å². The minimum absolute atomic E-state index is 0.113. The Morgan fingerprint density at radius 2 is 1.76 bits per heavy atom. The summed E-state index contributed by atoms with van der Waals surface area (Å²) in [5.41, 5.74) is -1.01. The van der Waals surface area contributed by atoms with Gasteiger partial charge in [0.05, 0.1) is 34.6 Å². The Morgan fingerprint density at radius 3 is 2.24 bits per heavy atom. The van der Waals surface area contributed by atoms with Gasteiger partial charge in [-0.1, -0.05) is 23.8 Å². The first kappa shape index (κ1) is 16.3. The van der Waals surface area contributed by atoms with Crippen molar-refractivity contribution in [3.8, 4) is 0 Å². The second-order valence-corrected chi connectivity index (χ2v) is 6.45. The molecule has 6 nitrogen and oxygen atoms in total. The Kier molecular flexibility index (Phi) is 3.39. The molecular weight excluding hydrogens is 363 g/mol. The van der Waals surface area contributed by atoms with Crippen LogP contribution < -0.4 is 5.01 Å². The fraction of sp³-hybridized carbons (Fsp3) is 0.400. The van der Waals surface area contributed by atoms with Crippen LogP contribution in [0.4, 0.5) is 19.0 Å². The van der Waals surface area contributed by atoms with Crippen molar-refractivity contribution in [2.24, 2.45) is 11.8 Å². The molecule has 4 heterocycles. The zero-order chi connectivity index (χ0) is 18.1. The topological polar surface area (TPSA) is 62.7 Å². The van der Waals surface area contributed by atoms with Gasteiger partial charge in [-0.25, -0.2) is 4.98 Å². The summed E-state index contributed by atoms with van der Waals surface area (Å²) in [6.45, 7) is 0. The van der Waals surface area contributed by atoms with Gasteiger partial charge in [-0.3, -0.25) is 14.6 Å². The zero-order valence-electron chi connectivity index (χ0n) is 12.7. The number of nitrogens with zero attached hydrogens (tertiary/aromatic N) is 3. The highest BCUT2D eigenvalue weighted by Gasteiger charge is 2.62. The van der Waals surface area contributed by atoms with Crippen molar-refractivity contribution in [2.75, 3.05) is 12.1 Å². The van der Waals surface area contributed by atoms with Crippen LogP contribution in [-0.2, 0) is 20.5 Å². The lowest BCUT2D eigenvalue weighted by Gasteiger charge is -2.29. The van der Waals surface area contributed by atoms with Crippen molar-refractivity contribution in [3.63, 3.8) is 0 Å². The minimum atomic E-state index is -4.59. The number of imide groups is 1. The van der Waals surface area contributed by atoms with Crippen molar-refractivity contribution in [1.29, 1.82) is 0 Å². The summed E-state index contributed by atoms with van der Waals surface area (Å²) in [5, 5.41) is 1.66. The highest BCUT2D eigenvalue weighted by atomic mass is 35.5. The van der Waals surface area contributed by atoms with Gasteiger partial charge in [0.1, 0.15) is 0 Å². The Bertz CT molecular complexity index is 783. The molecule has 0 unspecified atom stereocenters. The quantitative estimate of drug-likeness (QED) is 0.586. The zero-order valence-corrected chi connectivity index (χ0v) is 13.5. The lowest BCUT2D eigenvalue weighted by atomic mass is 9.85. The third-order valence-corrected chi connectivity index (χ3v) is 4.92. The predicted octanol–water partition coefficient (Wildman–Crippen LogP) is 2.04. The first-order chi connectivity index (χ1) is 11.7. The van der Waals surface area contributed by atoms with E-state index in [1.807, 2.05) is 0 Å². The molecule has 1 aromatic heterocycles. The average molecular weight is 374 g/mol. The summed E-state index contributed by atoms with van der Waals surface area (Å²) in [6, 6.07) is 0.709. The van der Waals surface area contributed by atoms with Gasteiger partial charge in [0.2, 0.25) is 0 Å². The standard InChI is InChI=1S/C15H11ClF3N3O3/c1-21(12-7(16)4-6(5-20-12)15(17,18)19)22-13(23)10-8-2-3-9(25-8)11(10)14(22)24/h2-5,8-11H,1H3/t8-,9+,10+,11-. The van der Waals surface area contributed by atoms with Crippen molar-refractivity contribution >= 4 is 29.2 Å². The maximum atomic E-state index is 12.7. The molecule has 4 atom stereocenters. The number of carbonyl (C=O) groups excluding carboxylic acids is 2. The number of aromatic nitrogens is 1. The van der Waals surface area contributed by atoms with Gasteiger partial charge < -0.3 is 4.74 Å². The smallest absolute Gasteiger partial charge is 0.365 e. The predicted molar refractivity (Wildman–Crippen MR) is 79.3 cm³/mol. The van der Waals surface area contributed by atoms with E-state index in [2.05, 4.69) is 4.98 Å². The molecule has 1 aromatic rings. The Hall–Kier alpha value is -2.13. The van der Waals surface area contributed by atoms with Crippen LogP contribution in [0.3, 0.4) is 0 Å². The number of rotatable bonds is 2. The van der Waals surface area contributed by atoms with Crippen LogP contribution >= 0.6 is 11.6 Å². The molecule has 0 aliphatic carbocycles. The number of carbonyl (C=O) groups is 2. The van der Waals surface area contributed by atoms with Crippen LogP contribution in [0.25, 0.3) is 0 Å². The lowest BCUT2D eigenvalue weighted by Crippen LogP contribution is -2.46. The number of amides is 2. The van der Waals surface area contributed by atoms with E-state index < -0.39 is 47.6 Å². The van der Waals surface area contributed by atoms with Crippen LogP contribution in [0.15, 0.2) is 24.4 Å². The Morgan fingerprint density at radius 1 is 1.20 bits per heavy atom. The largest absolute Gasteiger partial charge is 0.417 e. The van der Waals surface area contributed by atoms with Crippen LogP contribution in [-0.4, -0.2) is 41.1 Å². The Labute approximate surface area is 144 Å². The van der Waals surface area contributed by atoms with E-state index in [-0.39, 0.29) is 10.8 Å². The molecule has 0 spiro atoms. The van der Waals surface area contributed by atoms with Gasteiger partial charge in [0.15, 0.2) is 5.82 Å². The average Bonchev–Trinajstić information content (AvgIpc) is 3.20. The van der Waals surface area contributed by atoms with Crippen LogP contribution in [0, 0.1) is 11.8 Å². The van der Waals surface area contributed by atoms with E-state index in [0.29, 0.717) is 12.3 Å². The molecule has 0 saturated carbocycles. The summed E-state index contributed by atoms with van der Waals surface area (Å²) >= 11 is 5.90. The molecule has 4 rings (SSSR count). The summed E-state index contributed by atoms with van der Waals surface area (Å²) in [5.74, 6) is -2.33. The molecule has 2 amide bonds.